The molecular weight excluding hydrogens is 367 g/mol. The maximum atomic E-state index is 12.5. The minimum Gasteiger partial charge on any atom is -0.370 e. The zero-order valence-corrected chi connectivity index (χ0v) is 15.3. The van der Waals surface area contributed by atoms with Crippen molar-refractivity contribution in [2.45, 2.75) is 19.3 Å². The number of carbonyl (C=O) groups is 1. The zero-order valence-electron chi connectivity index (χ0n) is 13.0. The second-order valence-corrected chi connectivity index (χ2v) is 7.03. The van der Waals surface area contributed by atoms with Crippen LogP contribution in [0, 0.1) is 0 Å². The Bertz CT molecular complexity index is 738. The number of carbonyl (C=O) groups excluding carboxylic acids is 1. The molecule has 0 unspecified atom stereocenters. The quantitative estimate of drug-likeness (QED) is 0.763. The Hall–Kier alpha value is -1.42. The Morgan fingerprint density at radius 1 is 1.04 bits per heavy atom. The van der Waals surface area contributed by atoms with Crippen molar-refractivity contribution < 1.29 is 4.79 Å². The van der Waals surface area contributed by atoms with Gasteiger partial charge in [0.1, 0.15) is 0 Å². The molecule has 0 radical (unpaired) electrons. The van der Waals surface area contributed by atoms with Gasteiger partial charge in [0.2, 0.25) is 5.91 Å². The van der Waals surface area contributed by atoms with Crippen molar-refractivity contribution in [1.29, 1.82) is 0 Å². The average Bonchev–Trinajstić information content (AvgIpc) is 3.05. The highest BCUT2D eigenvalue weighted by molar-refractivity contribution is 6.36. The summed E-state index contributed by atoms with van der Waals surface area (Å²) in [6, 6.07) is 10.8. The minimum atomic E-state index is -0.173. The molecule has 1 heterocycles. The highest BCUT2D eigenvalue weighted by Crippen LogP contribution is 2.32. The molecule has 0 saturated carbocycles. The van der Waals surface area contributed by atoms with E-state index < -0.39 is 0 Å². The van der Waals surface area contributed by atoms with E-state index in [2.05, 4.69) is 10.2 Å². The van der Waals surface area contributed by atoms with Crippen LogP contribution in [0.2, 0.25) is 15.1 Å². The Kier molecular flexibility index (Phi) is 5.54. The van der Waals surface area contributed by atoms with Crippen LogP contribution in [-0.2, 0) is 11.2 Å². The van der Waals surface area contributed by atoms with Crippen LogP contribution in [0.3, 0.4) is 0 Å². The number of nitrogens with zero attached hydrogens (tertiary/aromatic N) is 1. The lowest BCUT2D eigenvalue weighted by molar-refractivity contribution is -0.115. The van der Waals surface area contributed by atoms with Gasteiger partial charge in [0.05, 0.1) is 17.8 Å². The number of anilines is 2. The fraction of sp³-hybridized carbons (Fsp3) is 0.278. The third-order valence-electron chi connectivity index (χ3n) is 4.08. The first-order chi connectivity index (χ1) is 11.5. The maximum Gasteiger partial charge on any atom is 0.228 e. The molecule has 1 aliphatic rings. The van der Waals surface area contributed by atoms with Gasteiger partial charge in [-0.15, -0.1) is 0 Å². The summed E-state index contributed by atoms with van der Waals surface area (Å²) in [7, 11) is 0. The molecule has 1 aliphatic heterocycles. The number of benzene rings is 2. The van der Waals surface area contributed by atoms with Gasteiger partial charge in [0, 0.05) is 28.2 Å². The predicted molar refractivity (Wildman–Crippen MR) is 102 cm³/mol. The standard InChI is InChI=1S/C18H17Cl3N2O/c19-12-6-7-17(23-8-1-2-9-23)16(10-12)22-18(24)11-13-14(20)4-3-5-15(13)21/h3-7,10H,1-2,8-9,11H2,(H,22,24). The molecule has 0 aliphatic carbocycles. The Labute approximate surface area is 156 Å². The normalized spacial score (nSPS) is 14.0. The summed E-state index contributed by atoms with van der Waals surface area (Å²) in [4.78, 5) is 14.7. The van der Waals surface area contributed by atoms with Crippen LogP contribution in [0.5, 0.6) is 0 Å². The van der Waals surface area contributed by atoms with Gasteiger partial charge in [-0.3, -0.25) is 4.79 Å². The SMILES string of the molecule is O=C(Cc1c(Cl)cccc1Cl)Nc1cc(Cl)ccc1N1CCCC1. The van der Waals surface area contributed by atoms with Crippen molar-refractivity contribution in [2.24, 2.45) is 0 Å². The second-order valence-electron chi connectivity index (χ2n) is 5.78. The van der Waals surface area contributed by atoms with Gasteiger partial charge in [-0.1, -0.05) is 40.9 Å². The molecule has 1 fully saturated rings. The zero-order chi connectivity index (χ0) is 17.1. The number of nitrogens with one attached hydrogen (secondary N) is 1. The Balaban J connectivity index is 1.80. The molecular formula is C18H17Cl3N2O. The van der Waals surface area contributed by atoms with E-state index in [-0.39, 0.29) is 12.3 Å². The van der Waals surface area contributed by atoms with Crippen molar-refractivity contribution in [3.8, 4) is 0 Å². The first-order valence-corrected chi connectivity index (χ1v) is 8.95. The van der Waals surface area contributed by atoms with E-state index in [0.717, 1.165) is 37.3 Å². The summed E-state index contributed by atoms with van der Waals surface area (Å²) in [5, 5.41) is 4.51. The van der Waals surface area contributed by atoms with Crippen LogP contribution < -0.4 is 10.2 Å². The molecule has 2 aromatic rings. The first-order valence-electron chi connectivity index (χ1n) is 7.82. The van der Waals surface area contributed by atoms with Gasteiger partial charge in [0.25, 0.3) is 0 Å². The maximum absolute atomic E-state index is 12.5. The number of hydrogen-bond acceptors (Lipinski definition) is 2. The third-order valence-corrected chi connectivity index (χ3v) is 5.02. The summed E-state index contributed by atoms with van der Waals surface area (Å²) < 4.78 is 0. The minimum absolute atomic E-state index is 0.116. The molecule has 24 heavy (non-hydrogen) atoms. The summed E-state index contributed by atoms with van der Waals surface area (Å²) >= 11 is 18.4. The molecule has 0 atom stereocenters. The first kappa shape index (κ1) is 17.4. The van der Waals surface area contributed by atoms with Gasteiger partial charge in [-0.25, -0.2) is 0 Å². The van der Waals surface area contributed by atoms with Crippen molar-refractivity contribution in [2.75, 3.05) is 23.3 Å². The van der Waals surface area contributed by atoms with Crippen LogP contribution in [0.4, 0.5) is 11.4 Å². The van der Waals surface area contributed by atoms with E-state index in [1.807, 2.05) is 12.1 Å². The van der Waals surface area contributed by atoms with E-state index in [1.165, 1.54) is 0 Å². The predicted octanol–water partition coefficient (Wildman–Crippen LogP) is 5.43. The van der Waals surface area contributed by atoms with Crippen LogP contribution in [0.25, 0.3) is 0 Å². The van der Waals surface area contributed by atoms with Crippen molar-refractivity contribution in [3.05, 3.63) is 57.0 Å². The van der Waals surface area contributed by atoms with Gasteiger partial charge in [-0.05, 0) is 48.7 Å². The molecule has 0 spiro atoms. The van der Waals surface area contributed by atoms with E-state index in [9.17, 15) is 4.79 Å². The summed E-state index contributed by atoms with van der Waals surface area (Å²) in [6.07, 6.45) is 2.43. The number of rotatable bonds is 4. The van der Waals surface area contributed by atoms with Crippen LogP contribution in [0.15, 0.2) is 36.4 Å². The van der Waals surface area contributed by atoms with Crippen LogP contribution >= 0.6 is 34.8 Å². The lowest BCUT2D eigenvalue weighted by Crippen LogP contribution is -2.22. The van der Waals surface area contributed by atoms with Crippen molar-refractivity contribution in [3.63, 3.8) is 0 Å². The van der Waals surface area contributed by atoms with Crippen LogP contribution in [-0.4, -0.2) is 19.0 Å². The van der Waals surface area contributed by atoms with E-state index in [1.54, 1.807) is 24.3 Å². The van der Waals surface area contributed by atoms with Gasteiger partial charge in [0.15, 0.2) is 0 Å². The molecule has 3 rings (SSSR count). The highest BCUT2D eigenvalue weighted by Gasteiger charge is 2.18. The largest absolute Gasteiger partial charge is 0.370 e. The fourth-order valence-electron chi connectivity index (χ4n) is 2.90. The van der Waals surface area contributed by atoms with E-state index in [0.29, 0.717) is 20.6 Å². The lowest BCUT2D eigenvalue weighted by Gasteiger charge is -2.22. The fourth-order valence-corrected chi connectivity index (χ4v) is 3.60. The summed E-state index contributed by atoms with van der Waals surface area (Å²) in [5.74, 6) is -0.173. The molecule has 1 saturated heterocycles. The molecule has 0 bridgehead atoms. The van der Waals surface area contributed by atoms with Gasteiger partial charge < -0.3 is 10.2 Å². The molecule has 126 valence electrons. The van der Waals surface area contributed by atoms with Crippen LogP contribution in [0.1, 0.15) is 18.4 Å². The van der Waals surface area contributed by atoms with Crippen molar-refractivity contribution >= 4 is 52.1 Å². The van der Waals surface area contributed by atoms with Crippen molar-refractivity contribution in [1.82, 2.24) is 0 Å². The topological polar surface area (TPSA) is 32.3 Å². The molecule has 3 nitrogen and oxygen atoms in total. The third kappa shape index (κ3) is 3.97. The number of halogens is 3. The van der Waals surface area contributed by atoms with Gasteiger partial charge >= 0.3 is 0 Å². The molecule has 2 aromatic carbocycles. The molecule has 1 amide bonds. The Morgan fingerprint density at radius 3 is 2.38 bits per heavy atom. The monoisotopic (exact) mass is 382 g/mol. The average molecular weight is 384 g/mol. The molecule has 1 N–H and O–H groups in total. The Morgan fingerprint density at radius 2 is 1.71 bits per heavy atom. The lowest BCUT2D eigenvalue weighted by atomic mass is 10.1. The number of amides is 1. The van der Waals surface area contributed by atoms with E-state index in [4.69, 9.17) is 34.8 Å². The molecule has 0 aromatic heterocycles. The summed E-state index contributed by atoms with van der Waals surface area (Å²) in [5.41, 5.74) is 2.34. The smallest absolute Gasteiger partial charge is 0.228 e. The number of hydrogen-bond donors (Lipinski definition) is 1. The highest BCUT2D eigenvalue weighted by atomic mass is 35.5. The summed E-state index contributed by atoms with van der Waals surface area (Å²) in [6.45, 7) is 1.97. The van der Waals surface area contributed by atoms with Gasteiger partial charge in [-0.2, -0.15) is 0 Å². The second kappa shape index (κ2) is 7.64. The molecule has 6 heteroatoms. The van der Waals surface area contributed by atoms with E-state index >= 15 is 0 Å².